The van der Waals surface area contributed by atoms with Gasteiger partial charge in [0.25, 0.3) is 15.6 Å². The number of ether oxygens (including phenoxy) is 1. The van der Waals surface area contributed by atoms with E-state index in [2.05, 4.69) is 49.2 Å². The van der Waals surface area contributed by atoms with Crippen LogP contribution in [0.25, 0.3) is 11.2 Å². The van der Waals surface area contributed by atoms with Crippen molar-refractivity contribution in [3.05, 3.63) is 30.5 Å². The number of thioether (sulfide) groups is 1. The quantitative estimate of drug-likeness (QED) is 0.0467. The number of imidazole rings is 1. The maximum absolute atomic E-state index is 12.6. The van der Waals surface area contributed by atoms with Crippen molar-refractivity contribution >= 4 is 69.1 Å². The Labute approximate surface area is 336 Å². The SMILES string of the molecule is CCCC=C=CCC(=O)SCCNC(=O)CCNC(=O)C(O)C(C)(C)COP(=O)([O-])OP(=O)([O-])OCC1OC(C)(n2cnc3c(N)ncnc32)C(O)C1OP(=O)([O-])[O-]. The van der Waals surface area contributed by atoms with E-state index in [1.807, 2.05) is 13.0 Å². The van der Waals surface area contributed by atoms with Crippen LogP contribution in [-0.4, -0.2) is 103 Å². The average molecular weight is 900 g/mol. The van der Waals surface area contributed by atoms with E-state index in [0.717, 1.165) is 41.8 Å². The molecule has 0 bridgehead atoms. The van der Waals surface area contributed by atoms with Crippen molar-refractivity contribution in [2.24, 2.45) is 5.41 Å². The van der Waals surface area contributed by atoms with Gasteiger partial charge in [-0.25, -0.2) is 19.3 Å². The van der Waals surface area contributed by atoms with Crippen LogP contribution in [0.5, 0.6) is 0 Å². The molecule has 0 saturated carbocycles. The molecule has 7 atom stereocenters. The number of aromatic nitrogens is 4. The molecular formula is C30H44N7O17P3S-4. The number of rotatable bonds is 23. The van der Waals surface area contributed by atoms with E-state index in [-0.39, 0.29) is 48.0 Å². The predicted octanol–water partition coefficient (Wildman–Crippen LogP) is -1.79. The first-order valence-electron chi connectivity index (χ1n) is 17.3. The maximum atomic E-state index is 12.6. The van der Waals surface area contributed by atoms with Crippen molar-refractivity contribution in [3.8, 4) is 0 Å². The van der Waals surface area contributed by atoms with Crippen molar-refractivity contribution in [2.45, 2.75) is 83.5 Å². The standard InChI is InChI=1S/C30H48N7O17P3S/c1-5-6-7-8-9-10-21(39)58-14-13-32-20(38)11-12-33-28(42)25(41)29(2,3)16-51-57(48,49)54-56(46,47)50-15-19-23(53-55(43,44)45)24(40)30(4,52-19)37-18-36-22-26(31)34-17-35-27(22)37/h7,9,17-19,23-25,40-41H,5-6,10-16H2,1-4H3,(H,32,38)(H,33,42)(H,46,47)(H,48,49)(H2,31,34,35)(H2,43,44,45)/p-4. The second-order valence-corrected chi connectivity index (χ2v) is 18.6. The third-order valence-corrected chi connectivity index (χ3v) is 12.1. The molecular weight excluding hydrogens is 855 g/mol. The van der Waals surface area contributed by atoms with Crippen LogP contribution >= 0.6 is 35.2 Å². The summed E-state index contributed by atoms with van der Waals surface area (Å²) in [5, 5.41) is 26.4. The summed E-state index contributed by atoms with van der Waals surface area (Å²) < 4.78 is 61.1. The number of phosphoric acid groups is 3. The highest BCUT2D eigenvalue weighted by atomic mass is 32.2. The normalized spacial score (nSPS) is 22.3. The zero-order valence-electron chi connectivity index (χ0n) is 31.6. The Hall–Kier alpha value is -2.92. The van der Waals surface area contributed by atoms with Crippen LogP contribution in [-0.2, 0) is 56.4 Å². The highest BCUT2D eigenvalue weighted by Crippen LogP contribution is 2.56. The van der Waals surface area contributed by atoms with E-state index in [4.69, 9.17) is 10.5 Å². The number of anilines is 1. The molecule has 3 heterocycles. The van der Waals surface area contributed by atoms with Crippen LogP contribution in [0.4, 0.5) is 5.82 Å². The molecule has 0 spiro atoms. The summed E-state index contributed by atoms with van der Waals surface area (Å²) in [5.74, 6) is -1.25. The van der Waals surface area contributed by atoms with Crippen LogP contribution in [0.2, 0.25) is 0 Å². The monoisotopic (exact) mass is 899 g/mol. The van der Waals surface area contributed by atoms with Gasteiger partial charge >= 0.3 is 0 Å². The fourth-order valence-corrected chi connectivity index (χ4v) is 8.46. The third kappa shape index (κ3) is 14.7. The molecule has 1 aliphatic rings. The fraction of sp³-hybridized carbons (Fsp3) is 0.633. The number of unbranched alkanes of at least 4 members (excludes halogenated alkanes) is 1. The largest absolute Gasteiger partial charge is 0.790 e. The van der Waals surface area contributed by atoms with Crippen LogP contribution in [0.3, 0.4) is 0 Å². The summed E-state index contributed by atoms with van der Waals surface area (Å²) in [6.45, 7) is 3.25. The van der Waals surface area contributed by atoms with Crippen molar-refractivity contribution < 1.29 is 80.5 Å². The number of nitrogens with one attached hydrogen (secondary N) is 2. The molecule has 2 aromatic rings. The number of fused-ring (bicyclic) bond motifs is 1. The van der Waals surface area contributed by atoms with Crippen molar-refractivity contribution in [3.63, 3.8) is 0 Å². The molecule has 1 saturated heterocycles. The molecule has 1 fully saturated rings. The number of carbonyl (C=O) groups is 3. The average Bonchev–Trinajstić information content (AvgIpc) is 3.67. The van der Waals surface area contributed by atoms with Gasteiger partial charge in [-0.3, -0.25) is 28.1 Å². The lowest BCUT2D eigenvalue weighted by Crippen LogP contribution is -2.46. The molecule has 2 aromatic heterocycles. The summed E-state index contributed by atoms with van der Waals surface area (Å²) >= 11 is 1.04. The van der Waals surface area contributed by atoms with E-state index in [1.54, 1.807) is 6.08 Å². The lowest BCUT2D eigenvalue weighted by atomic mass is 9.87. The third-order valence-electron chi connectivity index (χ3n) is 8.16. The molecule has 3 rings (SSSR count). The number of phosphoric ester groups is 3. The zero-order chi connectivity index (χ0) is 43.5. The van der Waals surface area contributed by atoms with Crippen molar-refractivity contribution in [1.82, 2.24) is 30.2 Å². The second-order valence-electron chi connectivity index (χ2n) is 13.3. The lowest BCUT2D eigenvalue weighted by Gasteiger charge is -2.36. The minimum absolute atomic E-state index is 0.0337. The molecule has 0 aliphatic carbocycles. The Bertz CT molecular complexity index is 1980. The van der Waals surface area contributed by atoms with Crippen LogP contribution in [0.15, 0.2) is 30.5 Å². The number of aliphatic hydroxyl groups excluding tert-OH is 2. The molecule has 326 valence electrons. The van der Waals surface area contributed by atoms with E-state index in [1.165, 1.54) is 20.8 Å². The molecule has 28 heteroatoms. The number of nitrogens with zero attached hydrogens (tertiary/aromatic N) is 4. The van der Waals surface area contributed by atoms with Crippen molar-refractivity contribution in [2.75, 3.05) is 37.8 Å². The first kappa shape index (κ1) is 49.4. The van der Waals surface area contributed by atoms with Gasteiger partial charge in [-0.15, -0.1) is 5.73 Å². The van der Waals surface area contributed by atoms with Gasteiger partial charge in [0.2, 0.25) is 11.8 Å². The predicted molar refractivity (Wildman–Crippen MR) is 195 cm³/mol. The molecule has 0 radical (unpaired) electrons. The summed E-state index contributed by atoms with van der Waals surface area (Å²) in [5.41, 5.74) is 4.93. The van der Waals surface area contributed by atoms with Gasteiger partial charge in [0.05, 0.1) is 27.4 Å². The number of hydrogen-bond acceptors (Lipinski definition) is 22. The first-order chi connectivity index (χ1) is 26.9. The van der Waals surface area contributed by atoms with E-state index in [9.17, 15) is 57.9 Å². The van der Waals surface area contributed by atoms with Gasteiger partial charge in [0, 0.05) is 37.1 Å². The molecule has 6 N–H and O–H groups in total. The van der Waals surface area contributed by atoms with Crippen LogP contribution in [0.1, 0.15) is 53.4 Å². The Morgan fingerprint density at radius 2 is 1.81 bits per heavy atom. The highest BCUT2D eigenvalue weighted by Gasteiger charge is 2.55. The number of allylic oxidation sites excluding steroid dienone is 1. The van der Waals surface area contributed by atoms with E-state index in [0.29, 0.717) is 5.75 Å². The minimum atomic E-state index is -5.94. The number of aliphatic hydroxyl groups is 2. The summed E-state index contributed by atoms with van der Waals surface area (Å²) in [7, 11) is -17.7. The number of nitrogen functional groups attached to an aromatic ring is 1. The second kappa shape index (κ2) is 21.0. The molecule has 7 unspecified atom stereocenters. The summed E-state index contributed by atoms with van der Waals surface area (Å²) in [4.78, 5) is 96.4. The van der Waals surface area contributed by atoms with Gasteiger partial charge in [-0.2, -0.15) is 0 Å². The number of nitrogens with two attached hydrogens (primary N) is 1. The van der Waals surface area contributed by atoms with Gasteiger partial charge in [0.1, 0.15) is 36.3 Å². The molecule has 1 aliphatic heterocycles. The summed E-state index contributed by atoms with van der Waals surface area (Å²) in [6, 6.07) is 0. The maximum Gasteiger partial charge on any atom is 0.274 e. The highest BCUT2D eigenvalue weighted by molar-refractivity contribution is 8.13. The number of amides is 2. The topological polar surface area (TPSA) is 375 Å². The Balaban J connectivity index is 1.49. The first-order valence-corrected chi connectivity index (χ1v) is 22.7. The van der Waals surface area contributed by atoms with Gasteiger partial charge in [-0.05, 0) is 25.5 Å². The number of carbonyl (C=O) groups excluding carboxylic acids is 3. The Kier molecular flexibility index (Phi) is 17.9. The summed E-state index contributed by atoms with van der Waals surface area (Å²) in [6.07, 6.45) is -0.590. The zero-order valence-corrected chi connectivity index (χ0v) is 35.1. The van der Waals surface area contributed by atoms with E-state index >= 15 is 0 Å². The molecule has 2 amide bonds. The van der Waals surface area contributed by atoms with Gasteiger partial charge in [0.15, 0.2) is 22.3 Å². The van der Waals surface area contributed by atoms with Crippen LogP contribution < -0.4 is 35.9 Å². The molecule has 0 aromatic carbocycles. The van der Waals surface area contributed by atoms with E-state index < -0.39 is 84.1 Å². The Morgan fingerprint density at radius 3 is 2.48 bits per heavy atom. The molecule has 24 nitrogen and oxygen atoms in total. The smallest absolute Gasteiger partial charge is 0.274 e. The Morgan fingerprint density at radius 1 is 1.12 bits per heavy atom. The van der Waals surface area contributed by atoms with Crippen LogP contribution in [0, 0.1) is 5.41 Å². The lowest BCUT2D eigenvalue weighted by molar-refractivity contribution is -0.347. The molecule has 58 heavy (non-hydrogen) atoms. The van der Waals surface area contributed by atoms with Crippen molar-refractivity contribution in [1.29, 1.82) is 0 Å². The van der Waals surface area contributed by atoms with Gasteiger partial charge < -0.3 is 69.0 Å². The minimum Gasteiger partial charge on any atom is -0.790 e. The fourth-order valence-electron chi connectivity index (χ4n) is 5.10. The van der Waals surface area contributed by atoms with Gasteiger partial charge in [-0.1, -0.05) is 39.0 Å². The number of hydrogen-bond donors (Lipinski definition) is 5.